The average molecular weight is 184 g/mol. The van der Waals surface area contributed by atoms with E-state index in [4.69, 9.17) is 10.2 Å². The first-order chi connectivity index (χ1) is 6.11. The van der Waals surface area contributed by atoms with E-state index in [9.17, 15) is 4.79 Å². The SMILES string of the molecule is CC(O)CCn1nccc1C(=O)O. The van der Waals surface area contributed by atoms with E-state index >= 15 is 0 Å². The van der Waals surface area contributed by atoms with Crippen LogP contribution >= 0.6 is 0 Å². The number of carbonyl (C=O) groups is 1. The van der Waals surface area contributed by atoms with E-state index in [1.807, 2.05) is 0 Å². The molecule has 0 saturated carbocycles. The van der Waals surface area contributed by atoms with Gasteiger partial charge in [0.15, 0.2) is 0 Å². The maximum Gasteiger partial charge on any atom is 0.354 e. The Hall–Kier alpha value is -1.36. The number of aromatic carboxylic acids is 1. The summed E-state index contributed by atoms with van der Waals surface area (Å²) in [5, 5.41) is 21.5. The first-order valence-electron chi connectivity index (χ1n) is 4.04. The number of aliphatic hydroxyl groups excluding tert-OH is 1. The van der Waals surface area contributed by atoms with Gasteiger partial charge in [-0.2, -0.15) is 5.10 Å². The van der Waals surface area contributed by atoms with Gasteiger partial charge < -0.3 is 10.2 Å². The highest BCUT2D eigenvalue weighted by molar-refractivity contribution is 5.85. The molecule has 0 aliphatic rings. The van der Waals surface area contributed by atoms with Crippen molar-refractivity contribution in [1.82, 2.24) is 9.78 Å². The summed E-state index contributed by atoms with van der Waals surface area (Å²) in [4.78, 5) is 10.6. The lowest BCUT2D eigenvalue weighted by Crippen LogP contribution is -2.13. The molecule has 1 atom stereocenters. The van der Waals surface area contributed by atoms with E-state index < -0.39 is 12.1 Å². The standard InChI is InChI=1S/C8H12N2O3/c1-6(11)3-5-10-7(8(12)13)2-4-9-10/h2,4,6,11H,3,5H2,1H3,(H,12,13). The van der Waals surface area contributed by atoms with E-state index in [0.29, 0.717) is 13.0 Å². The van der Waals surface area contributed by atoms with Crippen LogP contribution in [0.3, 0.4) is 0 Å². The Morgan fingerprint density at radius 3 is 3.00 bits per heavy atom. The van der Waals surface area contributed by atoms with Crippen molar-refractivity contribution >= 4 is 5.97 Å². The molecule has 0 bridgehead atoms. The predicted octanol–water partition coefficient (Wildman–Crippen LogP) is 0.352. The first-order valence-corrected chi connectivity index (χ1v) is 4.04. The number of nitrogens with zero attached hydrogens (tertiary/aromatic N) is 2. The second kappa shape index (κ2) is 4.04. The van der Waals surface area contributed by atoms with Crippen LogP contribution in [0, 0.1) is 0 Å². The average Bonchev–Trinajstić information content (AvgIpc) is 2.47. The molecular weight excluding hydrogens is 172 g/mol. The number of aliphatic hydroxyl groups is 1. The number of rotatable bonds is 4. The Morgan fingerprint density at radius 2 is 2.46 bits per heavy atom. The van der Waals surface area contributed by atoms with Crippen molar-refractivity contribution in [1.29, 1.82) is 0 Å². The normalized spacial score (nSPS) is 12.8. The quantitative estimate of drug-likeness (QED) is 0.708. The highest BCUT2D eigenvalue weighted by atomic mass is 16.4. The predicted molar refractivity (Wildman–Crippen MR) is 45.5 cm³/mol. The minimum absolute atomic E-state index is 0.153. The van der Waals surface area contributed by atoms with Crippen LogP contribution < -0.4 is 0 Å². The summed E-state index contributed by atoms with van der Waals surface area (Å²) in [6, 6.07) is 1.43. The zero-order chi connectivity index (χ0) is 9.84. The Balaban J connectivity index is 2.65. The van der Waals surface area contributed by atoms with Crippen LogP contribution in [-0.4, -0.2) is 32.1 Å². The molecule has 1 unspecified atom stereocenters. The van der Waals surface area contributed by atoms with Gasteiger partial charge in [-0.3, -0.25) is 4.68 Å². The molecule has 5 nitrogen and oxygen atoms in total. The van der Waals surface area contributed by atoms with Crippen molar-refractivity contribution in [2.24, 2.45) is 0 Å². The van der Waals surface area contributed by atoms with Gasteiger partial charge in [-0.1, -0.05) is 0 Å². The molecule has 1 aromatic rings. The van der Waals surface area contributed by atoms with Crippen LogP contribution in [0.25, 0.3) is 0 Å². The Labute approximate surface area is 75.6 Å². The fourth-order valence-electron chi connectivity index (χ4n) is 1.00. The van der Waals surface area contributed by atoms with Crippen LogP contribution in [0.15, 0.2) is 12.3 Å². The van der Waals surface area contributed by atoms with Crippen LogP contribution in [0.2, 0.25) is 0 Å². The molecule has 0 spiro atoms. The van der Waals surface area contributed by atoms with E-state index in [1.165, 1.54) is 16.9 Å². The van der Waals surface area contributed by atoms with E-state index in [1.54, 1.807) is 6.92 Å². The Bertz CT molecular complexity index is 293. The third-order valence-electron chi connectivity index (χ3n) is 1.69. The third kappa shape index (κ3) is 2.55. The summed E-state index contributed by atoms with van der Waals surface area (Å²) >= 11 is 0. The first kappa shape index (κ1) is 9.73. The lowest BCUT2D eigenvalue weighted by Gasteiger charge is -2.05. The van der Waals surface area contributed by atoms with Gasteiger partial charge in [0.2, 0.25) is 0 Å². The van der Waals surface area contributed by atoms with Gasteiger partial charge in [-0.25, -0.2) is 4.79 Å². The Kier molecular flexibility index (Phi) is 3.02. The van der Waals surface area contributed by atoms with Gasteiger partial charge >= 0.3 is 5.97 Å². The molecule has 1 heterocycles. The Morgan fingerprint density at radius 1 is 1.77 bits per heavy atom. The number of aromatic nitrogens is 2. The number of hydrogen-bond donors (Lipinski definition) is 2. The molecular formula is C8H12N2O3. The molecule has 5 heteroatoms. The van der Waals surface area contributed by atoms with Crippen molar-refractivity contribution in [2.45, 2.75) is 26.0 Å². The summed E-state index contributed by atoms with van der Waals surface area (Å²) in [6.07, 6.45) is 1.50. The monoisotopic (exact) mass is 184 g/mol. The summed E-state index contributed by atoms with van der Waals surface area (Å²) < 4.78 is 1.37. The minimum atomic E-state index is -0.997. The largest absolute Gasteiger partial charge is 0.477 e. The summed E-state index contributed by atoms with van der Waals surface area (Å²) in [6.45, 7) is 2.08. The fraction of sp³-hybridized carbons (Fsp3) is 0.500. The molecule has 1 rings (SSSR count). The van der Waals surface area contributed by atoms with Gasteiger partial charge in [0.1, 0.15) is 5.69 Å². The second-order valence-corrected chi connectivity index (χ2v) is 2.88. The second-order valence-electron chi connectivity index (χ2n) is 2.88. The topological polar surface area (TPSA) is 75.3 Å². The van der Waals surface area contributed by atoms with E-state index in [0.717, 1.165) is 0 Å². The molecule has 0 fully saturated rings. The zero-order valence-electron chi connectivity index (χ0n) is 7.34. The van der Waals surface area contributed by atoms with Crippen molar-refractivity contribution in [2.75, 3.05) is 0 Å². The van der Waals surface area contributed by atoms with Gasteiger partial charge in [0, 0.05) is 12.7 Å². The van der Waals surface area contributed by atoms with Gasteiger partial charge in [0.25, 0.3) is 0 Å². The highest BCUT2D eigenvalue weighted by Crippen LogP contribution is 2.01. The lowest BCUT2D eigenvalue weighted by molar-refractivity contribution is 0.0681. The van der Waals surface area contributed by atoms with Crippen molar-refractivity contribution in [3.63, 3.8) is 0 Å². The third-order valence-corrected chi connectivity index (χ3v) is 1.69. The van der Waals surface area contributed by atoms with Crippen LogP contribution in [0.4, 0.5) is 0 Å². The molecule has 0 aliphatic heterocycles. The molecule has 72 valence electrons. The van der Waals surface area contributed by atoms with Crippen LogP contribution in [0.1, 0.15) is 23.8 Å². The maximum absolute atomic E-state index is 10.6. The molecule has 0 radical (unpaired) electrons. The van der Waals surface area contributed by atoms with Gasteiger partial charge in [-0.05, 0) is 19.4 Å². The molecule has 0 aliphatic carbocycles. The number of carboxylic acid groups (broad SMARTS) is 1. The summed E-state index contributed by atoms with van der Waals surface area (Å²) in [7, 11) is 0. The molecule has 0 aromatic carbocycles. The zero-order valence-corrected chi connectivity index (χ0v) is 7.34. The number of aryl methyl sites for hydroxylation is 1. The summed E-state index contributed by atoms with van der Waals surface area (Å²) in [5.41, 5.74) is 0.153. The minimum Gasteiger partial charge on any atom is -0.477 e. The van der Waals surface area contributed by atoms with Crippen molar-refractivity contribution < 1.29 is 15.0 Å². The number of carboxylic acids is 1. The maximum atomic E-state index is 10.6. The molecule has 13 heavy (non-hydrogen) atoms. The van der Waals surface area contributed by atoms with Crippen molar-refractivity contribution in [3.8, 4) is 0 Å². The van der Waals surface area contributed by atoms with E-state index in [2.05, 4.69) is 5.10 Å². The van der Waals surface area contributed by atoms with Crippen LogP contribution in [0.5, 0.6) is 0 Å². The van der Waals surface area contributed by atoms with Gasteiger partial charge in [0.05, 0.1) is 6.10 Å². The molecule has 0 amide bonds. The van der Waals surface area contributed by atoms with Gasteiger partial charge in [-0.15, -0.1) is 0 Å². The molecule has 0 saturated heterocycles. The van der Waals surface area contributed by atoms with Crippen molar-refractivity contribution in [3.05, 3.63) is 18.0 Å². The molecule has 2 N–H and O–H groups in total. The fourth-order valence-corrected chi connectivity index (χ4v) is 1.00. The van der Waals surface area contributed by atoms with E-state index in [-0.39, 0.29) is 5.69 Å². The highest BCUT2D eigenvalue weighted by Gasteiger charge is 2.09. The number of hydrogen-bond acceptors (Lipinski definition) is 3. The molecule has 1 aromatic heterocycles. The smallest absolute Gasteiger partial charge is 0.354 e. The summed E-state index contributed by atoms with van der Waals surface area (Å²) in [5.74, 6) is -0.997. The lowest BCUT2D eigenvalue weighted by atomic mass is 10.3. The van der Waals surface area contributed by atoms with Crippen LogP contribution in [-0.2, 0) is 6.54 Å².